The first-order valence-electron chi connectivity index (χ1n) is 7.83. The van der Waals surface area contributed by atoms with E-state index in [2.05, 4.69) is 10.3 Å². The normalized spacial score (nSPS) is 16.5. The monoisotopic (exact) mass is 347 g/mol. The molecular formula is C17H18FN3O2S. The molecule has 1 aliphatic heterocycles. The molecule has 24 heavy (non-hydrogen) atoms. The summed E-state index contributed by atoms with van der Waals surface area (Å²) in [6.45, 7) is 3.92. The number of carbonyl (C=O) groups excluding carboxylic acids is 2. The molecule has 0 bridgehead atoms. The lowest BCUT2D eigenvalue weighted by Crippen LogP contribution is -2.45. The largest absolute Gasteiger partial charge is 0.325 e. The summed E-state index contributed by atoms with van der Waals surface area (Å²) < 4.78 is 13.0. The van der Waals surface area contributed by atoms with Crippen LogP contribution in [0, 0.1) is 5.82 Å². The Kier molecular flexibility index (Phi) is 4.36. The first-order chi connectivity index (χ1) is 11.5. The number of thiazole rings is 1. The van der Waals surface area contributed by atoms with Crippen LogP contribution in [0.5, 0.6) is 0 Å². The van der Waals surface area contributed by atoms with E-state index in [0.717, 1.165) is 10.6 Å². The molecular weight excluding hydrogens is 329 g/mol. The Morgan fingerprint density at radius 2 is 1.88 bits per heavy atom. The van der Waals surface area contributed by atoms with Gasteiger partial charge >= 0.3 is 6.03 Å². The minimum absolute atomic E-state index is 0.143. The first kappa shape index (κ1) is 16.6. The molecule has 0 aliphatic carbocycles. The van der Waals surface area contributed by atoms with Crippen LogP contribution in [0.4, 0.5) is 9.18 Å². The summed E-state index contributed by atoms with van der Waals surface area (Å²) in [6.07, 6.45) is 1.12. The molecule has 2 heterocycles. The van der Waals surface area contributed by atoms with Crippen molar-refractivity contribution in [1.29, 1.82) is 0 Å². The third-order valence-corrected chi connectivity index (χ3v) is 5.36. The predicted octanol–water partition coefficient (Wildman–Crippen LogP) is 3.56. The molecule has 1 aromatic heterocycles. The van der Waals surface area contributed by atoms with E-state index in [1.165, 1.54) is 28.4 Å². The van der Waals surface area contributed by atoms with Crippen molar-refractivity contribution >= 4 is 23.3 Å². The lowest BCUT2D eigenvalue weighted by molar-refractivity contribution is -0.132. The number of benzene rings is 1. The van der Waals surface area contributed by atoms with Gasteiger partial charge < -0.3 is 5.32 Å². The topological polar surface area (TPSA) is 62.3 Å². The number of hydrogen-bond donors (Lipinski definition) is 1. The molecule has 0 atom stereocenters. The van der Waals surface area contributed by atoms with Crippen molar-refractivity contribution in [1.82, 2.24) is 15.2 Å². The highest BCUT2D eigenvalue weighted by atomic mass is 32.1. The number of rotatable bonds is 5. The number of carbonyl (C=O) groups is 2. The first-order valence-corrected chi connectivity index (χ1v) is 8.71. The SMILES string of the molecule is CCC1(CC)NC(=O)N(Cc2csc(-c3ccc(F)cc3)n2)C1=O. The van der Waals surface area contributed by atoms with Gasteiger partial charge in [-0.25, -0.2) is 14.2 Å². The number of nitrogens with one attached hydrogen (secondary N) is 1. The molecule has 0 spiro atoms. The Labute approximate surface area is 143 Å². The zero-order chi connectivity index (χ0) is 17.3. The summed E-state index contributed by atoms with van der Waals surface area (Å²) in [5.41, 5.74) is 0.652. The van der Waals surface area contributed by atoms with Gasteiger partial charge in [-0.15, -0.1) is 11.3 Å². The maximum Gasteiger partial charge on any atom is 0.325 e. The van der Waals surface area contributed by atoms with E-state index >= 15 is 0 Å². The van der Waals surface area contributed by atoms with Gasteiger partial charge in [-0.2, -0.15) is 0 Å². The van der Waals surface area contributed by atoms with Gasteiger partial charge in [0.25, 0.3) is 5.91 Å². The molecule has 3 rings (SSSR count). The van der Waals surface area contributed by atoms with Gasteiger partial charge in [-0.05, 0) is 37.1 Å². The molecule has 0 saturated carbocycles. The van der Waals surface area contributed by atoms with Gasteiger partial charge in [-0.1, -0.05) is 13.8 Å². The lowest BCUT2D eigenvalue weighted by atomic mass is 9.93. The minimum Gasteiger partial charge on any atom is -0.323 e. The molecule has 1 aromatic carbocycles. The zero-order valence-electron chi connectivity index (χ0n) is 13.5. The van der Waals surface area contributed by atoms with Crippen molar-refractivity contribution in [3.63, 3.8) is 0 Å². The summed E-state index contributed by atoms with van der Waals surface area (Å²) in [6, 6.07) is 5.70. The van der Waals surface area contributed by atoms with E-state index in [0.29, 0.717) is 18.5 Å². The van der Waals surface area contributed by atoms with Crippen LogP contribution >= 0.6 is 11.3 Å². The van der Waals surface area contributed by atoms with Crippen LogP contribution in [0.2, 0.25) is 0 Å². The maximum absolute atomic E-state index is 13.0. The number of urea groups is 1. The van der Waals surface area contributed by atoms with E-state index < -0.39 is 5.54 Å². The molecule has 1 saturated heterocycles. The Morgan fingerprint density at radius 1 is 1.21 bits per heavy atom. The van der Waals surface area contributed by atoms with Crippen molar-refractivity contribution in [3.05, 3.63) is 41.2 Å². The molecule has 0 radical (unpaired) electrons. The van der Waals surface area contributed by atoms with Gasteiger partial charge in [0.1, 0.15) is 16.4 Å². The van der Waals surface area contributed by atoms with Crippen LogP contribution in [0.15, 0.2) is 29.6 Å². The van der Waals surface area contributed by atoms with Gasteiger partial charge in [0.05, 0.1) is 12.2 Å². The number of imide groups is 1. The molecule has 1 N–H and O–H groups in total. The summed E-state index contributed by atoms with van der Waals surface area (Å²) in [5.74, 6) is -0.501. The third kappa shape index (κ3) is 2.80. The highest BCUT2D eigenvalue weighted by Crippen LogP contribution is 2.28. The van der Waals surface area contributed by atoms with E-state index in [9.17, 15) is 14.0 Å². The standard InChI is InChI=1S/C17H18FN3O2S/c1-3-17(4-2)15(22)21(16(23)20-17)9-13-10-24-14(19-13)11-5-7-12(18)8-6-11/h5-8,10H,3-4,9H2,1-2H3,(H,20,23). The molecule has 3 amide bonds. The second-order valence-electron chi connectivity index (χ2n) is 5.76. The predicted molar refractivity (Wildman–Crippen MR) is 89.9 cm³/mol. The number of hydrogen-bond acceptors (Lipinski definition) is 4. The third-order valence-electron chi connectivity index (χ3n) is 4.42. The van der Waals surface area contributed by atoms with E-state index in [1.807, 2.05) is 19.2 Å². The minimum atomic E-state index is -0.799. The average molecular weight is 347 g/mol. The van der Waals surface area contributed by atoms with Crippen molar-refractivity contribution in [3.8, 4) is 10.6 Å². The van der Waals surface area contributed by atoms with Crippen LogP contribution < -0.4 is 5.32 Å². The van der Waals surface area contributed by atoms with Crippen molar-refractivity contribution in [2.45, 2.75) is 38.8 Å². The molecule has 0 unspecified atom stereocenters. The number of aromatic nitrogens is 1. The number of amides is 3. The second-order valence-corrected chi connectivity index (χ2v) is 6.62. The molecule has 7 heteroatoms. The van der Waals surface area contributed by atoms with Gasteiger partial charge in [-0.3, -0.25) is 9.69 Å². The quantitative estimate of drug-likeness (QED) is 0.841. The van der Waals surface area contributed by atoms with Crippen molar-refractivity contribution in [2.75, 3.05) is 0 Å². The van der Waals surface area contributed by atoms with Crippen LogP contribution in [0.25, 0.3) is 10.6 Å². The number of nitrogens with zero attached hydrogens (tertiary/aromatic N) is 2. The summed E-state index contributed by atoms with van der Waals surface area (Å²) >= 11 is 1.40. The summed E-state index contributed by atoms with van der Waals surface area (Å²) in [7, 11) is 0. The Balaban J connectivity index is 1.79. The van der Waals surface area contributed by atoms with Crippen LogP contribution in [-0.4, -0.2) is 27.4 Å². The van der Waals surface area contributed by atoms with Gasteiger partial charge in [0.15, 0.2) is 0 Å². The maximum atomic E-state index is 13.0. The smallest absolute Gasteiger partial charge is 0.323 e. The number of halogens is 1. The fraction of sp³-hybridized carbons (Fsp3) is 0.353. The van der Waals surface area contributed by atoms with Crippen LogP contribution in [0.3, 0.4) is 0 Å². The van der Waals surface area contributed by atoms with Crippen LogP contribution in [-0.2, 0) is 11.3 Å². The van der Waals surface area contributed by atoms with E-state index in [-0.39, 0.29) is 24.3 Å². The fourth-order valence-electron chi connectivity index (χ4n) is 2.82. The average Bonchev–Trinajstić information content (AvgIpc) is 3.14. The highest BCUT2D eigenvalue weighted by Gasteiger charge is 2.48. The van der Waals surface area contributed by atoms with Gasteiger partial charge in [0.2, 0.25) is 0 Å². The molecule has 5 nitrogen and oxygen atoms in total. The Morgan fingerprint density at radius 3 is 2.46 bits per heavy atom. The van der Waals surface area contributed by atoms with E-state index in [4.69, 9.17) is 0 Å². The van der Waals surface area contributed by atoms with Crippen molar-refractivity contribution in [2.24, 2.45) is 0 Å². The highest BCUT2D eigenvalue weighted by molar-refractivity contribution is 7.13. The van der Waals surface area contributed by atoms with Crippen molar-refractivity contribution < 1.29 is 14.0 Å². The fourth-order valence-corrected chi connectivity index (χ4v) is 3.63. The zero-order valence-corrected chi connectivity index (χ0v) is 14.3. The summed E-state index contributed by atoms with van der Waals surface area (Å²) in [5, 5.41) is 5.35. The Hall–Kier alpha value is -2.28. The molecule has 126 valence electrons. The van der Waals surface area contributed by atoms with E-state index in [1.54, 1.807) is 12.1 Å². The second kappa shape index (κ2) is 6.32. The lowest BCUT2D eigenvalue weighted by Gasteiger charge is -2.22. The molecule has 1 aliphatic rings. The molecule has 1 fully saturated rings. The molecule has 2 aromatic rings. The Bertz CT molecular complexity index is 768. The summed E-state index contributed by atoms with van der Waals surface area (Å²) in [4.78, 5) is 30.4. The van der Waals surface area contributed by atoms with Gasteiger partial charge in [0, 0.05) is 10.9 Å². The van der Waals surface area contributed by atoms with Crippen LogP contribution in [0.1, 0.15) is 32.4 Å².